The van der Waals surface area contributed by atoms with Gasteiger partial charge < -0.3 is 14.2 Å². The van der Waals surface area contributed by atoms with Crippen molar-refractivity contribution >= 4 is 17.2 Å². The van der Waals surface area contributed by atoms with E-state index in [0.29, 0.717) is 16.5 Å². The SMILES string of the molecule is COc1ccsc1C(=O)N(C)C[C@H]1CCn2ccnc2C1. The third-order valence-corrected chi connectivity index (χ3v) is 4.86. The van der Waals surface area contributed by atoms with Crippen molar-refractivity contribution in [1.82, 2.24) is 14.5 Å². The van der Waals surface area contributed by atoms with Crippen LogP contribution in [0.3, 0.4) is 0 Å². The number of imidazole rings is 1. The highest BCUT2D eigenvalue weighted by Gasteiger charge is 2.24. The fourth-order valence-corrected chi connectivity index (χ4v) is 3.68. The molecule has 1 amide bonds. The molecule has 0 aromatic carbocycles. The molecule has 0 saturated heterocycles. The largest absolute Gasteiger partial charge is 0.495 e. The number of ether oxygens (including phenoxy) is 1. The number of fused-ring (bicyclic) bond motifs is 1. The zero-order valence-corrected chi connectivity index (χ0v) is 13.1. The molecule has 1 aliphatic rings. The Labute approximate surface area is 128 Å². The third-order valence-electron chi connectivity index (χ3n) is 3.97. The Balaban J connectivity index is 1.64. The van der Waals surface area contributed by atoms with Gasteiger partial charge in [0.15, 0.2) is 0 Å². The molecule has 112 valence electrons. The van der Waals surface area contributed by atoms with Crippen molar-refractivity contribution in [2.45, 2.75) is 19.4 Å². The Bertz CT molecular complexity index is 634. The van der Waals surface area contributed by atoms with E-state index in [1.807, 2.05) is 30.9 Å². The minimum absolute atomic E-state index is 0.0377. The van der Waals surface area contributed by atoms with E-state index in [1.54, 1.807) is 12.0 Å². The fourth-order valence-electron chi connectivity index (χ4n) is 2.83. The second-order valence-corrected chi connectivity index (χ2v) is 6.32. The predicted molar refractivity (Wildman–Crippen MR) is 81.9 cm³/mol. The summed E-state index contributed by atoms with van der Waals surface area (Å²) in [6.07, 6.45) is 5.90. The van der Waals surface area contributed by atoms with Crippen molar-refractivity contribution in [2.75, 3.05) is 20.7 Å². The van der Waals surface area contributed by atoms with E-state index in [1.165, 1.54) is 11.3 Å². The first-order chi connectivity index (χ1) is 10.2. The summed E-state index contributed by atoms with van der Waals surface area (Å²) < 4.78 is 7.43. The molecule has 0 spiro atoms. The summed E-state index contributed by atoms with van der Waals surface area (Å²) >= 11 is 1.43. The van der Waals surface area contributed by atoms with Gasteiger partial charge >= 0.3 is 0 Å². The minimum Gasteiger partial charge on any atom is -0.495 e. The van der Waals surface area contributed by atoms with Crippen molar-refractivity contribution in [1.29, 1.82) is 0 Å². The highest BCUT2D eigenvalue weighted by atomic mass is 32.1. The lowest BCUT2D eigenvalue weighted by Gasteiger charge is -2.27. The number of methoxy groups -OCH3 is 1. The molecule has 0 aliphatic carbocycles. The smallest absolute Gasteiger partial charge is 0.267 e. The molecular formula is C15H19N3O2S. The summed E-state index contributed by atoms with van der Waals surface area (Å²) in [6.45, 7) is 1.75. The number of hydrogen-bond acceptors (Lipinski definition) is 4. The highest BCUT2D eigenvalue weighted by molar-refractivity contribution is 7.12. The van der Waals surface area contributed by atoms with Crippen LogP contribution in [0.15, 0.2) is 23.8 Å². The standard InChI is InChI=1S/C15H19N3O2S/c1-17(15(19)14-12(20-2)4-8-21-14)10-11-3-6-18-7-5-16-13(18)9-11/h4-5,7-8,11H,3,6,9-10H2,1-2H3/t11-/m0/s1. The predicted octanol–water partition coefficient (Wildman–Crippen LogP) is 2.29. The molecule has 1 aliphatic heterocycles. The molecule has 2 aromatic rings. The molecule has 0 unspecified atom stereocenters. The van der Waals surface area contributed by atoms with Crippen LogP contribution in [0.1, 0.15) is 21.9 Å². The summed E-state index contributed by atoms with van der Waals surface area (Å²) in [4.78, 5) is 19.3. The molecule has 21 heavy (non-hydrogen) atoms. The molecule has 0 bridgehead atoms. The Morgan fingerprint density at radius 3 is 3.29 bits per heavy atom. The molecule has 0 saturated carbocycles. The van der Waals surface area contributed by atoms with E-state index in [-0.39, 0.29) is 5.91 Å². The summed E-state index contributed by atoms with van der Waals surface area (Å²) in [5, 5.41) is 1.89. The zero-order valence-electron chi connectivity index (χ0n) is 12.3. The zero-order chi connectivity index (χ0) is 14.8. The van der Waals surface area contributed by atoms with Gasteiger partial charge in [0, 0.05) is 39.0 Å². The third kappa shape index (κ3) is 2.81. The Morgan fingerprint density at radius 2 is 2.48 bits per heavy atom. The van der Waals surface area contributed by atoms with Crippen LogP contribution in [-0.2, 0) is 13.0 Å². The number of nitrogens with zero attached hydrogens (tertiary/aromatic N) is 3. The number of thiophene rings is 1. The minimum atomic E-state index is 0.0377. The van der Waals surface area contributed by atoms with Crippen LogP contribution in [0.4, 0.5) is 0 Å². The van der Waals surface area contributed by atoms with Crippen LogP contribution < -0.4 is 4.74 Å². The average Bonchev–Trinajstić information content (AvgIpc) is 3.14. The van der Waals surface area contributed by atoms with E-state index in [9.17, 15) is 4.79 Å². The average molecular weight is 305 g/mol. The van der Waals surface area contributed by atoms with Gasteiger partial charge in [-0.15, -0.1) is 11.3 Å². The van der Waals surface area contributed by atoms with Crippen LogP contribution in [0.2, 0.25) is 0 Å². The summed E-state index contributed by atoms with van der Waals surface area (Å²) in [6, 6.07) is 1.84. The summed E-state index contributed by atoms with van der Waals surface area (Å²) in [7, 11) is 3.46. The van der Waals surface area contributed by atoms with Gasteiger partial charge in [0.25, 0.3) is 5.91 Å². The van der Waals surface area contributed by atoms with Gasteiger partial charge in [-0.25, -0.2) is 4.98 Å². The van der Waals surface area contributed by atoms with Gasteiger partial charge in [0.2, 0.25) is 0 Å². The molecule has 2 aromatic heterocycles. The van der Waals surface area contributed by atoms with Gasteiger partial charge in [0.1, 0.15) is 16.5 Å². The van der Waals surface area contributed by atoms with E-state index in [4.69, 9.17) is 4.74 Å². The second-order valence-electron chi connectivity index (χ2n) is 5.40. The highest BCUT2D eigenvalue weighted by Crippen LogP contribution is 2.27. The normalized spacial score (nSPS) is 17.3. The van der Waals surface area contributed by atoms with Crippen molar-refractivity contribution < 1.29 is 9.53 Å². The molecule has 3 rings (SSSR count). The first-order valence-corrected chi connectivity index (χ1v) is 7.94. The molecule has 3 heterocycles. The molecule has 1 atom stereocenters. The van der Waals surface area contributed by atoms with E-state index in [2.05, 4.69) is 9.55 Å². The number of aromatic nitrogens is 2. The summed E-state index contributed by atoms with van der Waals surface area (Å²) in [5.74, 6) is 2.30. The molecule has 0 fully saturated rings. The lowest BCUT2D eigenvalue weighted by molar-refractivity contribution is 0.0765. The van der Waals surface area contributed by atoms with Crippen molar-refractivity contribution in [3.63, 3.8) is 0 Å². The van der Waals surface area contributed by atoms with Crippen LogP contribution in [0.25, 0.3) is 0 Å². The monoisotopic (exact) mass is 305 g/mol. The number of carbonyl (C=O) groups excluding carboxylic acids is 1. The van der Waals surface area contributed by atoms with E-state index < -0.39 is 0 Å². The van der Waals surface area contributed by atoms with Crippen LogP contribution in [0.5, 0.6) is 5.75 Å². The van der Waals surface area contributed by atoms with Crippen molar-refractivity contribution in [2.24, 2.45) is 5.92 Å². The molecule has 0 N–H and O–H groups in total. The van der Waals surface area contributed by atoms with Gasteiger partial charge in [-0.05, 0) is 23.8 Å². The fraction of sp³-hybridized carbons (Fsp3) is 0.467. The number of aryl methyl sites for hydroxylation is 1. The number of rotatable bonds is 4. The number of amides is 1. The van der Waals surface area contributed by atoms with Gasteiger partial charge in [-0.1, -0.05) is 0 Å². The number of carbonyl (C=O) groups is 1. The maximum absolute atomic E-state index is 12.5. The van der Waals surface area contributed by atoms with Crippen molar-refractivity contribution in [3.05, 3.63) is 34.5 Å². The van der Waals surface area contributed by atoms with Crippen molar-refractivity contribution in [3.8, 4) is 5.75 Å². The Hall–Kier alpha value is -1.82. The lowest BCUT2D eigenvalue weighted by atomic mass is 9.97. The van der Waals surface area contributed by atoms with E-state index >= 15 is 0 Å². The van der Waals surface area contributed by atoms with Crippen LogP contribution >= 0.6 is 11.3 Å². The quantitative estimate of drug-likeness (QED) is 0.871. The first kappa shape index (κ1) is 14.1. The van der Waals surface area contributed by atoms with Crippen LogP contribution in [0, 0.1) is 5.92 Å². The van der Waals surface area contributed by atoms with Gasteiger partial charge in [-0.2, -0.15) is 0 Å². The maximum atomic E-state index is 12.5. The van der Waals surface area contributed by atoms with Gasteiger partial charge in [-0.3, -0.25) is 4.79 Å². The second kappa shape index (κ2) is 5.89. The summed E-state index contributed by atoms with van der Waals surface area (Å²) in [5.41, 5.74) is 0. The van der Waals surface area contributed by atoms with Crippen LogP contribution in [-0.4, -0.2) is 41.1 Å². The topological polar surface area (TPSA) is 47.4 Å². The molecular weight excluding hydrogens is 286 g/mol. The van der Waals surface area contributed by atoms with Gasteiger partial charge in [0.05, 0.1) is 7.11 Å². The molecule has 5 nitrogen and oxygen atoms in total. The first-order valence-electron chi connectivity index (χ1n) is 7.06. The Morgan fingerprint density at radius 1 is 1.62 bits per heavy atom. The maximum Gasteiger partial charge on any atom is 0.267 e. The molecule has 6 heteroatoms. The van der Waals surface area contributed by atoms with E-state index in [0.717, 1.165) is 31.8 Å². The molecule has 0 radical (unpaired) electrons. The lowest BCUT2D eigenvalue weighted by Crippen LogP contribution is -2.34. The number of hydrogen-bond donors (Lipinski definition) is 0. The Kier molecular flexibility index (Phi) is 3.96.